The molecule has 0 aliphatic carbocycles. The Kier molecular flexibility index (Phi) is 4.38. The van der Waals surface area contributed by atoms with Crippen molar-refractivity contribution in [1.29, 1.82) is 0 Å². The van der Waals surface area contributed by atoms with Crippen molar-refractivity contribution < 1.29 is 13.9 Å². The number of furan rings is 1. The van der Waals surface area contributed by atoms with Gasteiger partial charge in [0, 0.05) is 12.6 Å². The first kappa shape index (κ1) is 13.1. The second-order valence-corrected chi connectivity index (χ2v) is 4.58. The van der Waals surface area contributed by atoms with E-state index in [1.165, 1.54) is 20.0 Å². The Balaban J connectivity index is 1.96. The average molecular weight is 252 g/mol. The number of methoxy groups -OCH3 is 1. The quantitative estimate of drug-likeness (QED) is 0.799. The van der Waals surface area contributed by atoms with E-state index in [0.29, 0.717) is 6.04 Å². The first-order valence-corrected chi connectivity index (χ1v) is 6.30. The second-order valence-electron chi connectivity index (χ2n) is 4.58. The maximum atomic E-state index is 11.3. The number of likely N-dealkylation sites (tertiary alicyclic amines) is 1. The van der Waals surface area contributed by atoms with Gasteiger partial charge in [-0.2, -0.15) is 0 Å². The summed E-state index contributed by atoms with van der Waals surface area (Å²) >= 11 is 0. The van der Waals surface area contributed by atoms with Crippen LogP contribution in [0.15, 0.2) is 16.5 Å². The lowest BCUT2D eigenvalue weighted by atomic mass is 10.2. The highest BCUT2D eigenvalue weighted by Gasteiger charge is 2.25. The van der Waals surface area contributed by atoms with Gasteiger partial charge in [0.25, 0.3) is 0 Å². The van der Waals surface area contributed by atoms with Crippen LogP contribution in [0.4, 0.5) is 0 Å². The van der Waals surface area contributed by atoms with Crippen molar-refractivity contribution in [1.82, 2.24) is 10.2 Å². The third-order valence-electron chi connectivity index (χ3n) is 3.35. The number of nitrogens with one attached hydrogen (secondary N) is 1. The summed E-state index contributed by atoms with van der Waals surface area (Å²) in [5.74, 6) is 0.671. The normalized spacial score (nSPS) is 20.2. The molecular weight excluding hydrogens is 232 g/mol. The molecule has 1 aliphatic heterocycles. The van der Waals surface area contributed by atoms with Crippen molar-refractivity contribution in [2.75, 3.05) is 27.2 Å². The van der Waals surface area contributed by atoms with E-state index >= 15 is 0 Å². The molecule has 1 atom stereocenters. The topological polar surface area (TPSA) is 54.7 Å². The van der Waals surface area contributed by atoms with Gasteiger partial charge >= 0.3 is 5.97 Å². The number of esters is 1. The van der Waals surface area contributed by atoms with Crippen molar-refractivity contribution in [2.45, 2.75) is 25.4 Å². The van der Waals surface area contributed by atoms with Gasteiger partial charge in [-0.25, -0.2) is 4.79 Å². The number of carbonyl (C=O) groups is 1. The molecule has 1 fully saturated rings. The standard InChI is InChI=1S/C13H20N2O3/c1-14-8-10-4-3-7-15(10)9-11-5-6-12(18-11)13(16)17-2/h5-6,10,14H,3-4,7-9H2,1-2H3. The number of ether oxygens (including phenoxy) is 1. The highest BCUT2D eigenvalue weighted by Crippen LogP contribution is 2.20. The summed E-state index contributed by atoms with van der Waals surface area (Å²) in [6.45, 7) is 2.83. The van der Waals surface area contributed by atoms with Crippen LogP contribution in [-0.4, -0.2) is 44.2 Å². The molecule has 1 aliphatic rings. The predicted octanol–water partition coefficient (Wildman–Crippen LogP) is 1.25. The molecule has 5 heteroatoms. The molecule has 5 nitrogen and oxygen atoms in total. The van der Waals surface area contributed by atoms with E-state index in [0.717, 1.165) is 25.4 Å². The van der Waals surface area contributed by atoms with Crippen LogP contribution in [0, 0.1) is 0 Å². The van der Waals surface area contributed by atoms with Crippen LogP contribution in [0.1, 0.15) is 29.2 Å². The minimum absolute atomic E-state index is 0.275. The number of carbonyl (C=O) groups excluding carboxylic acids is 1. The summed E-state index contributed by atoms with van der Waals surface area (Å²) in [5.41, 5.74) is 0. The van der Waals surface area contributed by atoms with Gasteiger partial charge in [-0.15, -0.1) is 0 Å². The lowest BCUT2D eigenvalue weighted by Crippen LogP contribution is -2.36. The van der Waals surface area contributed by atoms with E-state index in [4.69, 9.17) is 4.42 Å². The minimum atomic E-state index is -0.422. The summed E-state index contributed by atoms with van der Waals surface area (Å²) in [7, 11) is 3.33. The molecule has 18 heavy (non-hydrogen) atoms. The van der Waals surface area contributed by atoms with Crippen LogP contribution >= 0.6 is 0 Å². The molecule has 1 aromatic heterocycles. The fourth-order valence-corrected chi connectivity index (χ4v) is 2.44. The van der Waals surface area contributed by atoms with E-state index in [1.54, 1.807) is 6.07 Å². The van der Waals surface area contributed by atoms with Crippen molar-refractivity contribution in [3.05, 3.63) is 23.7 Å². The van der Waals surface area contributed by atoms with Crippen LogP contribution in [0.25, 0.3) is 0 Å². The Hall–Kier alpha value is -1.33. The SMILES string of the molecule is CNCC1CCCN1Cc1ccc(C(=O)OC)o1. The third kappa shape index (κ3) is 2.91. The van der Waals surface area contributed by atoms with Crippen LogP contribution < -0.4 is 5.32 Å². The molecule has 0 saturated carbocycles. The zero-order valence-corrected chi connectivity index (χ0v) is 10.9. The molecular formula is C13H20N2O3. The van der Waals surface area contributed by atoms with Crippen LogP contribution in [0.5, 0.6) is 0 Å². The Labute approximate surface area is 107 Å². The molecule has 1 aromatic rings. The Morgan fingerprint density at radius 1 is 1.61 bits per heavy atom. The largest absolute Gasteiger partial charge is 0.463 e. The third-order valence-corrected chi connectivity index (χ3v) is 3.35. The van der Waals surface area contributed by atoms with Crippen molar-refractivity contribution in [3.63, 3.8) is 0 Å². The van der Waals surface area contributed by atoms with Crippen molar-refractivity contribution in [2.24, 2.45) is 0 Å². The first-order valence-electron chi connectivity index (χ1n) is 6.30. The molecule has 0 radical (unpaired) electrons. The zero-order chi connectivity index (χ0) is 13.0. The van der Waals surface area contributed by atoms with Crippen LogP contribution in [-0.2, 0) is 11.3 Å². The highest BCUT2D eigenvalue weighted by molar-refractivity contribution is 5.86. The predicted molar refractivity (Wildman–Crippen MR) is 67.4 cm³/mol. The highest BCUT2D eigenvalue weighted by atomic mass is 16.5. The number of hydrogen-bond acceptors (Lipinski definition) is 5. The smallest absolute Gasteiger partial charge is 0.373 e. The van der Waals surface area contributed by atoms with Gasteiger partial charge in [-0.1, -0.05) is 0 Å². The average Bonchev–Trinajstić information content (AvgIpc) is 3.00. The van der Waals surface area contributed by atoms with Gasteiger partial charge in [0.2, 0.25) is 5.76 Å². The molecule has 0 spiro atoms. The summed E-state index contributed by atoms with van der Waals surface area (Å²) in [6, 6.07) is 4.08. The number of hydrogen-bond donors (Lipinski definition) is 1. The number of nitrogens with zero attached hydrogens (tertiary/aromatic N) is 1. The number of likely N-dealkylation sites (N-methyl/N-ethyl adjacent to an activating group) is 1. The molecule has 1 N–H and O–H groups in total. The Morgan fingerprint density at radius 3 is 3.17 bits per heavy atom. The van der Waals surface area contributed by atoms with Gasteiger partial charge < -0.3 is 14.5 Å². The van der Waals surface area contributed by atoms with Crippen molar-refractivity contribution >= 4 is 5.97 Å². The molecule has 2 heterocycles. The molecule has 0 aromatic carbocycles. The maximum absolute atomic E-state index is 11.3. The van der Waals surface area contributed by atoms with Crippen LogP contribution in [0.3, 0.4) is 0 Å². The van der Waals surface area contributed by atoms with Crippen LogP contribution in [0.2, 0.25) is 0 Å². The van der Waals surface area contributed by atoms with E-state index < -0.39 is 5.97 Å². The Morgan fingerprint density at radius 2 is 2.44 bits per heavy atom. The fraction of sp³-hybridized carbons (Fsp3) is 0.615. The molecule has 1 unspecified atom stereocenters. The van der Waals surface area contributed by atoms with E-state index in [2.05, 4.69) is 15.0 Å². The molecule has 100 valence electrons. The lowest BCUT2D eigenvalue weighted by Gasteiger charge is -2.22. The molecule has 0 amide bonds. The number of rotatable bonds is 5. The second kappa shape index (κ2) is 6.02. The maximum Gasteiger partial charge on any atom is 0.373 e. The summed E-state index contributed by atoms with van der Waals surface area (Å²) in [5, 5.41) is 3.21. The van der Waals surface area contributed by atoms with E-state index in [1.807, 2.05) is 13.1 Å². The monoisotopic (exact) mass is 252 g/mol. The summed E-state index contributed by atoms with van der Waals surface area (Å²) < 4.78 is 10.1. The molecule has 2 rings (SSSR count). The lowest BCUT2D eigenvalue weighted by molar-refractivity contribution is 0.0561. The van der Waals surface area contributed by atoms with Gasteiger partial charge in [0.15, 0.2) is 0 Å². The van der Waals surface area contributed by atoms with E-state index in [-0.39, 0.29) is 5.76 Å². The van der Waals surface area contributed by atoms with Crippen molar-refractivity contribution in [3.8, 4) is 0 Å². The van der Waals surface area contributed by atoms with Gasteiger partial charge in [-0.05, 0) is 38.6 Å². The summed E-state index contributed by atoms with van der Waals surface area (Å²) in [4.78, 5) is 13.7. The minimum Gasteiger partial charge on any atom is -0.463 e. The Bertz CT molecular complexity index is 403. The zero-order valence-electron chi connectivity index (χ0n) is 10.9. The first-order chi connectivity index (χ1) is 8.74. The summed E-state index contributed by atoms with van der Waals surface area (Å²) in [6.07, 6.45) is 2.43. The van der Waals surface area contributed by atoms with Gasteiger partial charge in [0.1, 0.15) is 5.76 Å². The molecule has 0 bridgehead atoms. The van der Waals surface area contributed by atoms with E-state index in [9.17, 15) is 4.79 Å². The van der Waals surface area contributed by atoms with Gasteiger partial charge in [-0.3, -0.25) is 4.90 Å². The fourth-order valence-electron chi connectivity index (χ4n) is 2.44. The van der Waals surface area contributed by atoms with Gasteiger partial charge in [0.05, 0.1) is 13.7 Å². The molecule has 1 saturated heterocycles.